The number of rotatable bonds is 4. The van der Waals surface area contributed by atoms with Crippen LogP contribution in [0.4, 0.5) is 0 Å². The molecule has 1 saturated carbocycles. The monoisotopic (exact) mass is 327 g/mol. The zero-order chi connectivity index (χ0) is 16.0. The van der Waals surface area contributed by atoms with Gasteiger partial charge in [-0.25, -0.2) is 9.50 Å². The summed E-state index contributed by atoms with van der Waals surface area (Å²) in [6, 6.07) is 6.31. The Morgan fingerprint density at radius 2 is 2.22 bits per heavy atom. The van der Waals surface area contributed by atoms with Crippen molar-refractivity contribution in [3.63, 3.8) is 0 Å². The van der Waals surface area contributed by atoms with Gasteiger partial charge in [-0.2, -0.15) is 4.98 Å². The normalized spacial score (nSPS) is 14.3. The largest absolute Gasteiger partial charge is 0.328 e. The van der Waals surface area contributed by atoms with Gasteiger partial charge < -0.3 is 4.90 Å². The van der Waals surface area contributed by atoms with E-state index in [0.29, 0.717) is 18.4 Å². The number of amides is 1. The number of nitrogens with zero attached hydrogens (tertiary/aromatic N) is 5. The van der Waals surface area contributed by atoms with E-state index in [1.54, 1.807) is 15.9 Å². The predicted octanol–water partition coefficient (Wildman–Crippen LogP) is 2.61. The van der Waals surface area contributed by atoms with Gasteiger partial charge in [0.25, 0.3) is 11.7 Å². The van der Waals surface area contributed by atoms with Crippen molar-refractivity contribution in [1.82, 2.24) is 24.5 Å². The van der Waals surface area contributed by atoms with Crippen LogP contribution in [0.1, 0.15) is 39.7 Å². The summed E-state index contributed by atoms with van der Waals surface area (Å²) in [5.74, 6) is 0.607. The lowest BCUT2D eigenvalue weighted by atomic mass is 10.3. The molecule has 0 N–H and O–H groups in total. The summed E-state index contributed by atoms with van der Waals surface area (Å²) in [6.07, 6.45) is 2.11. The molecule has 4 rings (SSSR count). The Bertz CT molecular complexity index is 866. The van der Waals surface area contributed by atoms with E-state index in [4.69, 9.17) is 0 Å². The maximum atomic E-state index is 12.9. The van der Waals surface area contributed by atoms with Crippen molar-refractivity contribution < 1.29 is 4.79 Å². The highest BCUT2D eigenvalue weighted by Gasteiger charge is 2.35. The zero-order valence-electron chi connectivity index (χ0n) is 13.1. The lowest BCUT2D eigenvalue weighted by molar-refractivity contribution is 0.0719. The first-order chi connectivity index (χ1) is 11.1. The van der Waals surface area contributed by atoms with Crippen LogP contribution in [0.25, 0.3) is 5.78 Å². The molecule has 0 atom stereocenters. The Hall–Kier alpha value is -2.28. The molecule has 0 unspecified atom stereocenters. The van der Waals surface area contributed by atoms with Crippen LogP contribution in [0.2, 0.25) is 0 Å². The molecular formula is C16H17N5OS. The van der Waals surface area contributed by atoms with Gasteiger partial charge in [-0.15, -0.1) is 16.4 Å². The number of hydrogen-bond donors (Lipinski definition) is 0. The van der Waals surface area contributed by atoms with Gasteiger partial charge in [0.05, 0.1) is 6.54 Å². The van der Waals surface area contributed by atoms with Crippen molar-refractivity contribution in [2.75, 3.05) is 0 Å². The molecule has 0 radical (unpaired) electrons. The van der Waals surface area contributed by atoms with E-state index >= 15 is 0 Å². The van der Waals surface area contributed by atoms with E-state index in [1.165, 1.54) is 4.88 Å². The number of aryl methyl sites for hydroxylation is 2. The van der Waals surface area contributed by atoms with E-state index in [-0.39, 0.29) is 11.7 Å². The number of hydrogen-bond acceptors (Lipinski definition) is 5. The topological polar surface area (TPSA) is 63.4 Å². The first-order valence-electron chi connectivity index (χ1n) is 7.66. The molecule has 1 aliphatic carbocycles. The third kappa shape index (κ3) is 2.72. The summed E-state index contributed by atoms with van der Waals surface area (Å²) in [4.78, 5) is 24.7. The molecule has 0 saturated heterocycles. The highest BCUT2D eigenvalue weighted by atomic mass is 32.1. The van der Waals surface area contributed by atoms with E-state index in [1.807, 2.05) is 36.3 Å². The van der Waals surface area contributed by atoms with Crippen molar-refractivity contribution in [2.45, 2.75) is 39.3 Å². The van der Waals surface area contributed by atoms with Crippen LogP contribution < -0.4 is 0 Å². The van der Waals surface area contributed by atoms with Gasteiger partial charge in [0.15, 0.2) is 0 Å². The number of thiophene rings is 1. The molecule has 1 fully saturated rings. The summed E-state index contributed by atoms with van der Waals surface area (Å²) >= 11 is 1.67. The van der Waals surface area contributed by atoms with Crippen molar-refractivity contribution in [3.8, 4) is 0 Å². The molecular weight excluding hydrogens is 310 g/mol. The lowest BCUT2D eigenvalue weighted by Crippen LogP contribution is -2.33. The second-order valence-corrected chi connectivity index (χ2v) is 6.96. The first kappa shape index (κ1) is 14.3. The minimum absolute atomic E-state index is 0.108. The van der Waals surface area contributed by atoms with Gasteiger partial charge in [0.1, 0.15) is 0 Å². The SMILES string of the molecule is Cc1cc(C)n2nc(C(=O)N(Cc3cccs3)C3CC3)nc2n1. The van der Waals surface area contributed by atoms with E-state index < -0.39 is 0 Å². The molecule has 3 aromatic rings. The summed E-state index contributed by atoms with van der Waals surface area (Å²) < 4.78 is 1.64. The Morgan fingerprint density at radius 1 is 1.39 bits per heavy atom. The maximum Gasteiger partial charge on any atom is 0.294 e. The van der Waals surface area contributed by atoms with Crippen LogP contribution in [-0.4, -0.2) is 36.4 Å². The molecule has 1 amide bonds. The van der Waals surface area contributed by atoms with E-state index in [2.05, 4.69) is 21.1 Å². The third-order valence-electron chi connectivity index (χ3n) is 3.96. The van der Waals surface area contributed by atoms with Crippen molar-refractivity contribution >= 4 is 23.0 Å². The molecule has 0 aromatic carbocycles. The third-order valence-corrected chi connectivity index (χ3v) is 4.83. The Kier molecular flexibility index (Phi) is 3.37. The number of carbonyl (C=O) groups excluding carboxylic acids is 1. The van der Waals surface area contributed by atoms with Crippen LogP contribution in [-0.2, 0) is 6.54 Å². The average molecular weight is 327 g/mol. The number of fused-ring (bicyclic) bond motifs is 1. The molecule has 1 aliphatic rings. The smallest absolute Gasteiger partial charge is 0.294 e. The van der Waals surface area contributed by atoms with Crippen LogP contribution in [0.3, 0.4) is 0 Å². The molecule has 6 nitrogen and oxygen atoms in total. The molecule has 0 bridgehead atoms. The second-order valence-electron chi connectivity index (χ2n) is 5.93. The van der Waals surface area contributed by atoms with Crippen molar-refractivity contribution in [2.24, 2.45) is 0 Å². The Morgan fingerprint density at radius 3 is 2.91 bits per heavy atom. The highest BCUT2D eigenvalue weighted by molar-refractivity contribution is 7.09. The predicted molar refractivity (Wildman–Crippen MR) is 87.5 cm³/mol. The fraction of sp³-hybridized carbons (Fsp3) is 0.375. The molecule has 3 aromatic heterocycles. The maximum absolute atomic E-state index is 12.9. The van der Waals surface area contributed by atoms with Crippen molar-refractivity contribution in [1.29, 1.82) is 0 Å². The van der Waals surface area contributed by atoms with Crippen LogP contribution in [0, 0.1) is 13.8 Å². The summed E-state index contributed by atoms with van der Waals surface area (Å²) in [5.41, 5.74) is 1.80. The Labute approximate surface area is 137 Å². The number of aromatic nitrogens is 4. The molecule has 0 spiro atoms. The molecule has 118 valence electrons. The van der Waals surface area contributed by atoms with E-state index in [9.17, 15) is 4.79 Å². The van der Waals surface area contributed by atoms with E-state index in [0.717, 1.165) is 24.2 Å². The molecule has 0 aliphatic heterocycles. The van der Waals surface area contributed by atoms with Gasteiger partial charge in [-0.3, -0.25) is 4.79 Å². The summed E-state index contributed by atoms with van der Waals surface area (Å²) in [5, 5.41) is 6.40. The number of carbonyl (C=O) groups is 1. The van der Waals surface area contributed by atoms with Crippen LogP contribution in [0.15, 0.2) is 23.6 Å². The fourth-order valence-electron chi connectivity index (χ4n) is 2.71. The average Bonchev–Trinajstić information content (AvgIpc) is 3.05. The van der Waals surface area contributed by atoms with Crippen molar-refractivity contribution in [3.05, 3.63) is 45.7 Å². The minimum atomic E-state index is -0.108. The van der Waals surface area contributed by atoms with Crippen LogP contribution >= 0.6 is 11.3 Å². The molecule has 7 heteroatoms. The second kappa shape index (κ2) is 5.42. The minimum Gasteiger partial charge on any atom is -0.328 e. The summed E-state index contributed by atoms with van der Waals surface area (Å²) in [6.45, 7) is 4.48. The van der Waals surface area contributed by atoms with Crippen LogP contribution in [0.5, 0.6) is 0 Å². The van der Waals surface area contributed by atoms with Gasteiger partial charge in [-0.1, -0.05) is 6.07 Å². The van der Waals surface area contributed by atoms with Gasteiger partial charge >= 0.3 is 0 Å². The molecule has 23 heavy (non-hydrogen) atoms. The summed E-state index contributed by atoms with van der Waals surface area (Å²) in [7, 11) is 0. The molecule has 3 heterocycles. The zero-order valence-corrected chi connectivity index (χ0v) is 13.9. The highest BCUT2D eigenvalue weighted by Crippen LogP contribution is 2.30. The lowest BCUT2D eigenvalue weighted by Gasteiger charge is -2.19. The van der Waals surface area contributed by atoms with Gasteiger partial charge in [0, 0.05) is 22.3 Å². The quantitative estimate of drug-likeness (QED) is 0.739. The fourth-order valence-corrected chi connectivity index (χ4v) is 3.41. The van der Waals surface area contributed by atoms with Gasteiger partial charge in [0.2, 0.25) is 5.82 Å². The first-order valence-corrected chi connectivity index (χ1v) is 8.54. The van der Waals surface area contributed by atoms with Gasteiger partial charge in [-0.05, 0) is 44.2 Å². The standard InChI is InChI=1S/C16H17N5OS/c1-10-8-11(2)21-16(17-10)18-14(19-21)15(22)20(12-5-6-12)9-13-4-3-7-23-13/h3-4,7-8,12H,5-6,9H2,1-2H3. The Balaban J connectivity index is 1.67.